The van der Waals surface area contributed by atoms with Gasteiger partial charge in [0.15, 0.2) is 0 Å². The van der Waals surface area contributed by atoms with E-state index >= 15 is 0 Å². The van der Waals surface area contributed by atoms with Crippen LogP contribution in [-0.4, -0.2) is 67.4 Å². The Morgan fingerprint density at radius 3 is 2.63 bits per heavy atom. The van der Waals surface area contributed by atoms with Crippen LogP contribution in [0, 0.1) is 0 Å². The highest BCUT2D eigenvalue weighted by atomic mass is 32.2. The SMILES string of the molecule is COCCOC1CCN(C(=O)c2ccccc2SC2CC(=O)NC2=O)CC1. The second kappa shape index (κ2) is 9.34. The van der Waals surface area contributed by atoms with E-state index in [1.807, 2.05) is 23.1 Å². The number of imide groups is 1. The van der Waals surface area contributed by atoms with E-state index in [1.165, 1.54) is 11.8 Å². The molecule has 146 valence electrons. The molecule has 0 saturated carbocycles. The topological polar surface area (TPSA) is 84.9 Å². The van der Waals surface area contributed by atoms with Gasteiger partial charge in [-0.15, -0.1) is 11.8 Å². The molecule has 8 heteroatoms. The summed E-state index contributed by atoms with van der Waals surface area (Å²) < 4.78 is 10.7. The molecule has 3 rings (SSSR count). The summed E-state index contributed by atoms with van der Waals surface area (Å²) in [5.41, 5.74) is 0.577. The van der Waals surface area contributed by atoms with Crippen LogP contribution in [0.4, 0.5) is 0 Å². The average molecular weight is 392 g/mol. The summed E-state index contributed by atoms with van der Waals surface area (Å²) in [5, 5.41) is 1.83. The molecule has 2 fully saturated rings. The van der Waals surface area contributed by atoms with Gasteiger partial charge in [0.2, 0.25) is 11.8 Å². The van der Waals surface area contributed by atoms with E-state index in [2.05, 4.69) is 5.32 Å². The molecule has 0 spiro atoms. The molecule has 3 amide bonds. The second-order valence-electron chi connectivity index (χ2n) is 6.57. The summed E-state index contributed by atoms with van der Waals surface area (Å²) in [6.45, 7) is 2.41. The maximum absolute atomic E-state index is 13.0. The van der Waals surface area contributed by atoms with Crippen LogP contribution in [0.25, 0.3) is 0 Å². The zero-order valence-corrected chi connectivity index (χ0v) is 16.1. The summed E-state index contributed by atoms with van der Waals surface area (Å²) in [4.78, 5) is 38.8. The minimum atomic E-state index is -0.480. The van der Waals surface area contributed by atoms with Crippen LogP contribution in [-0.2, 0) is 19.1 Å². The van der Waals surface area contributed by atoms with Crippen LogP contribution >= 0.6 is 11.8 Å². The Hall–Kier alpha value is -1.90. The Labute approximate surface area is 162 Å². The van der Waals surface area contributed by atoms with Crippen molar-refractivity contribution in [1.29, 1.82) is 0 Å². The summed E-state index contributed by atoms with van der Waals surface area (Å²) in [6.07, 6.45) is 1.90. The number of likely N-dealkylation sites (tertiary alicyclic amines) is 1. The van der Waals surface area contributed by atoms with Crippen molar-refractivity contribution in [2.45, 2.75) is 35.5 Å². The molecule has 2 aliphatic rings. The first-order valence-electron chi connectivity index (χ1n) is 9.07. The van der Waals surface area contributed by atoms with Crippen molar-refractivity contribution in [3.63, 3.8) is 0 Å². The lowest BCUT2D eigenvalue weighted by Crippen LogP contribution is -2.41. The molecule has 0 radical (unpaired) electrons. The average Bonchev–Trinajstić information content (AvgIpc) is 2.99. The number of ether oxygens (including phenoxy) is 2. The van der Waals surface area contributed by atoms with Crippen LogP contribution in [0.1, 0.15) is 29.6 Å². The van der Waals surface area contributed by atoms with Gasteiger partial charge in [-0.3, -0.25) is 19.7 Å². The highest BCUT2D eigenvalue weighted by molar-refractivity contribution is 8.00. The third-order valence-electron chi connectivity index (χ3n) is 4.68. The van der Waals surface area contributed by atoms with Crippen LogP contribution in [0.15, 0.2) is 29.2 Å². The number of hydrogen-bond donors (Lipinski definition) is 1. The van der Waals surface area contributed by atoms with E-state index in [0.717, 1.165) is 17.7 Å². The van der Waals surface area contributed by atoms with E-state index in [0.29, 0.717) is 31.9 Å². The number of thioether (sulfide) groups is 1. The Kier molecular flexibility index (Phi) is 6.87. The lowest BCUT2D eigenvalue weighted by Gasteiger charge is -2.32. The summed E-state index contributed by atoms with van der Waals surface area (Å²) in [6, 6.07) is 7.26. The number of rotatable bonds is 7. The number of amides is 3. The van der Waals surface area contributed by atoms with Gasteiger partial charge in [0.25, 0.3) is 5.91 Å². The van der Waals surface area contributed by atoms with Crippen molar-refractivity contribution in [2.24, 2.45) is 0 Å². The summed E-state index contributed by atoms with van der Waals surface area (Å²) in [5.74, 6) is -0.601. The van der Waals surface area contributed by atoms with Gasteiger partial charge < -0.3 is 14.4 Å². The highest BCUT2D eigenvalue weighted by Gasteiger charge is 2.33. The van der Waals surface area contributed by atoms with E-state index in [9.17, 15) is 14.4 Å². The fourth-order valence-electron chi connectivity index (χ4n) is 3.22. The zero-order chi connectivity index (χ0) is 19.2. The number of benzene rings is 1. The van der Waals surface area contributed by atoms with Gasteiger partial charge in [-0.2, -0.15) is 0 Å². The molecule has 2 heterocycles. The molecule has 0 bridgehead atoms. The minimum Gasteiger partial charge on any atom is -0.382 e. The zero-order valence-electron chi connectivity index (χ0n) is 15.3. The van der Waals surface area contributed by atoms with Crippen molar-refractivity contribution >= 4 is 29.5 Å². The predicted octanol–water partition coefficient (Wildman–Crippen LogP) is 1.46. The van der Waals surface area contributed by atoms with E-state index < -0.39 is 5.25 Å². The number of nitrogens with one attached hydrogen (secondary N) is 1. The predicted molar refractivity (Wildman–Crippen MR) is 101 cm³/mol. The largest absolute Gasteiger partial charge is 0.382 e. The van der Waals surface area contributed by atoms with Gasteiger partial charge >= 0.3 is 0 Å². The van der Waals surface area contributed by atoms with Gasteiger partial charge in [0.05, 0.1) is 30.1 Å². The van der Waals surface area contributed by atoms with Gasteiger partial charge in [-0.05, 0) is 25.0 Å². The number of hydrogen-bond acceptors (Lipinski definition) is 6. The van der Waals surface area contributed by atoms with Crippen molar-refractivity contribution in [1.82, 2.24) is 10.2 Å². The first-order chi connectivity index (χ1) is 13.1. The van der Waals surface area contributed by atoms with Crippen molar-refractivity contribution in [3.05, 3.63) is 29.8 Å². The van der Waals surface area contributed by atoms with Gasteiger partial charge in [0.1, 0.15) is 0 Å². The molecular weight excluding hydrogens is 368 g/mol. The molecule has 1 atom stereocenters. The van der Waals surface area contributed by atoms with Gasteiger partial charge in [0, 0.05) is 31.5 Å². The van der Waals surface area contributed by atoms with Crippen LogP contribution in [0.3, 0.4) is 0 Å². The molecule has 1 aromatic rings. The number of nitrogens with zero attached hydrogens (tertiary/aromatic N) is 1. The van der Waals surface area contributed by atoms with E-state index in [-0.39, 0.29) is 30.2 Å². The van der Waals surface area contributed by atoms with Crippen LogP contribution in [0.2, 0.25) is 0 Å². The molecule has 2 saturated heterocycles. The first-order valence-corrected chi connectivity index (χ1v) is 9.95. The minimum absolute atomic E-state index is 0.0434. The molecule has 2 aliphatic heterocycles. The fourth-order valence-corrected chi connectivity index (χ4v) is 4.37. The van der Waals surface area contributed by atoms with Crippen molar-refractivity contribution < 1.29 is 23.9 Å². The maximum atomic E-state index is 13.0. The second-order valence-corrected chi connectivity index (χ2v) is 7.82. The fraction of sp³-hybridized carbons (Fsp3) is 0.526. The Bertz CT molecular complexity index is 703. The van der Waals surface area contributed by atoms with E-state index in [1.54, 1.807) is 13.2 Å². The summed E-state index contributed by atoms with van der Waals surface area (Å²) >= 11 is 1.28. The Balaban J connectivity index is 1.61. The third-order valence-corrected chi connectivity index (χ3v) is 5.96. The van der Waals surface area contributed by atoms with Gasteiger partial charge in [-0.1, -0.05) is 12.1 Å². The molecular formula is C19H24N2O5S. The normalized spacial score (nSPS) is 20.8. The smallest absolute Gasteiger partial charge is 0.254 e. The standard InChI is InChI=1S/C19H24N2O5S/c1-25-10-11-26-13-6-8-21(9-7-13)19(24)14-4-2-3-5-15(14)27-16-12-17(22)20-18(16)23/h2-5,13,16H,6-12H2,1H3,(H,20,22,23). The molecule has 1 unspecified atom stereocenters. The Morgan fingerprint density at radius 2 is 1.96 bits per heavy atom. The third kappa shape index (κ3) is 5.09. The monoisotopic (exact) mass is 392 g/mol. The van der Waals surface area contributed by atoms with Crippen LogP contribution < -0.4 is 5.32 Å². The lowest BCUT2D eigenvalue weighted by atomic mass is 10.1. The van der Waals surface area contributed by atoms with Crippen molar-refractivity contribution in [2.75, 3.05) is 33.4 Å². The number of piperidine rings is 1. The van der Waals surface area contributed by atoms with Gasteiger partial charge in [-0.25, -0.2) is 0 Å². The van der Waals surface area contributed by atoms with Crippen molar-refractivity contribution in [3.8, 4) is 0 Å². The lowest BCUT2D eigenvalue weighted by molar-refractivity contribution is -0.124. The highest BCUT2D eigenvalue weighted by Crippen LogP contribution is 2.31. The number of methoxy groups -OCH3 is 1. The number of carbonyl (C=O) groups excluding carboxylic acids is 3. The molecule has 7 nitrogen and oxygen atoms in total. The van der Waals surface area contributed by atoms with E-state index in [4.69, 9.17) is 9.47 Å². The molecule has 0 aromatic heterocycles. The summed E-state index contributed by atoms with van der Waals surface area (Å²) in [7, 11) is 1.64. The first kappa shape index (κ1) is 19.9. The number of carbonyl (C=O) groups is 3. The quantitative estimate of drug-likeness (QED) is 0.559. The maximum Gasteiger partial charge on any atom is 0.254 e. The Morgan fingerprint density at radius 1 is 1.22 bits per heavy atom. The molecule has 1 N–H and O–H groups in total. The molecule has 1 aromatic carbocycles. The van der Waals surface area contributed by atoms with Crippen LogP contribution in [0.5, 0.6) is 0 Å². The molecule has 0 aliphatic carbocycles. The molecule has 27 heavy (non-hydrogen) atoms.